The van der Waals surface area contributed by atoms with E-state index in [4.69, 9.17) is 13.9 Å². The van der Waals surface area contributed by atoms with Gasteiger partial charge < -0.3 is 19.2 Å². The summed E-state index contributed by atoms with van der Waals surface area (Å²) >= 11 is 0. The van der Waals surface area contributed by atoms with Gasteiger partial charge in [-0.2, -0.15) is 4.80 Å². The van der Waals surface area contributed by atoms with Crippen LogP contribution in [0.5, 0.6) is 11.5 Å². The normalized spacial score (nSPS) is 16.3. The van der Waals surface area contributed by atoms with Crippen molar-refractivity contribution in [3.05, 3.63) is 72.2 Å². The fraction of sp³-hybridized carbons (Fsp3) is 0.441. The Kier molecular flexibility index (Phi) is 9.42. The molecule has 11 nitrogen and oxygen atoms in total. The molecule has 2 aromatic heterocycles. The number of amides is 2. The molecule has 0 aliphatic heterocycles. The molecular formula is C34H40N6O5. The quantitative estimate of drug-likeness (QED) is 0.224. The van der Waals surface area contributed by atoms with Crippen LogP contribution >= 0.6 is 0 Å². The van der Waals surface area contributed by atoms with Crippen molar-refractivity contribution >= 4 is 17.5 Å². The van der Waals surface area contributed by atoms with Gasteiger partial charge in [-0.1, -0.05) is 44.2 Å². The predicted octanol–water partition coefficient (Wildman–Crippen LogP) is 5.83. The molecule has 4 aromatic rings. The number of benzene rings is 2. The van der Waals surface area contributed by atoms with Gasteiger partial charge in [-0.15, -0.1) is 10.2 Å². The second-order valence-corrected chi connectivity index (χ2v) is 11.8. The number of furan rings is 1. The van der Waals surface area contributed by atoms with Crippen molar-refractivity contribution < 1.29 is 23.5 Å². The van der Waals surface area contributed by atoms with Gasteiger partial charge in [0, 0.05) is 17.3 Å². The monoisotopic (exact) mass is 612 g/mol. The molecule has 2 aliphatic carbocycles. The molecule has 2 saturated carbocycles. The van der Waals surface area contributed by atoms with E-state index in [2.05, 4.69) is 32.9 Å². The Balaban J connectivity index is 1.31. The van der Waals surface area contributed by atoms with E-state index in [1.807, 2.05) is 12.1 Å². The summed E-state index contributed by atoms with van der Waals surface area (Å²) in [5, 5.41) is 16.0. The fourth-order valence-electron chi connectivity index (χ4n) is 6.55. The van der Waals surface area contributed by atoms with Crippen molar-refractivity contribution in [2.24, 2.45) is 0 Å². The number of hydrogen-bond acceptors (Lipinski definition) is 8. The highest BCUT2D eigenvalue weighted by Gasteiger charge is 2.36. The average Bonchev–Trinajstić information content (AvgIpc) is 3.88. The first-order chi connectivity index (χ1) is 22.0. The molecule has 11 heteroatoms. The van der Waals surface area contributed by atoms with E-state index in [1.54, 1.807) is 44.6 Å². The van der Waals surface area contributed by atoms with Gasteiger partial charge in [-0.25, -0.2) is 0 Å². The lowest BCUT2D eigenvalue weighted by atomic mass is 9.84. The number of nitrogens with one attached hydrogen (secondary N) is 1. The van der Waals surface area contributed by atoms with Crippen LogP contribution in [0.1, 0.15) is 81.1 Å². The van der Waals surface area contributed by atoms with Crippen molar-refractivity contribution in [1.82, 2.24) is 25.5 Å². The number of methoxy groups -OCH3 is 2. The van der Waals surface area contributed by atoms with E-state index in [0.717, 1.165) is 25.7 Å². The minimum atomic E-state index is -1.01. The van der Waals surface area contributed by atoms with Crippen molar-refractivity contribution in [2.75, 3.05) is 19.1 Å². The number of nitrogens with zero attached hydrogens (tertiary/aromatic N) is 5. The Bertz CT molecular complexity index is 1570. The van der Waals surface area contributed by atoms with E-state index in [-0.39, 0.29) is 24.4 Å². The highest BCUT2D eigenvalue weighted by molar-refractivity contribution is 6.01. The molecule has 2 aliphatic rings. The lowest BCUT2D eigenvalue weighted by Gasteiger charge is -2.31. The largest absolute Gasteiger partial charge is 0.493 e. The van der Waals surface area contributed by atoms with Crippen LogP contribution in [0.2, 0.25) is 0 Å². The minimum Gasteiger partial charge on any atom is -0.493 e. The standard InChI is InChI=1S/C34H40N6O5/c1-43-28-19-16-25(21-30(28)44-2)33-36-38-39(37-33)22-31(41)40(27-17-14-24(15-18-27)23-9-4-3-5-10-23)32(29-13-8-20-45-29)34(42)35-26-11-6-7-12-26/h8,13-21,23,26,32H,3-7,9-12,22H2,1-2H3,(H,35,42). The summed E-state index contributed by atoms with van der Waals surface area (Å²) in [5.41, 5.74) is 2.52. The summed E-state index contributed by atoms with van der Waals surface area (Å²) in [6.07, 6.45) is 11.6. The molecule has 236 valence electrons. The fourth-order valence-corrected chi connectivity index (χ4v) is 6.55. The summed E-state index contributed by atoms with van der Waals surface area (Å²) in [5.74, 6) is 1.67. The predicted molar refractivity (Wildman–Crippen MR) is 168 cm³/mol. The van der Waals surface area contributed by atoms with Crippen LogP contribution in [0.15, 0.2) is 65.3 Å². The second-order valence-electron chi connectivity index (χ2n) is 11.8. The Morgan fingerprint density at radius 1 is 0.956 bits per heavy atom. The molecular weight excluding hydrogens is 572 g/mol. The van der Waals surface area contributed by atoms with Crippen molar-refractivity contribution in [1.29, 1.82) is 0 Å². The molecule has 6 rings (SSSR count). The molecule has 1 unspecified atom stereocenters. The summed E-state index contributed by atoms with van der Waals surface area (Å²) in [6, 6.07) is 15.9. The zero-order valence-electron chi connectivity index (χ0n) is 25.9. The summed E-state index contributed by atoms with van der Waals surface area (Å²) in [4.78, 5) is 30.9. The van der Waals surface area contributed by atoms with E-state index >= 15 is 0 Å². The minimum absolute atomic E-state index is 0.0709. The third-order valence-electron chi connectivity index (χ3n) is 8.91. The van der Waals surface area contributed by atoms with Crippen LogP contribution in [0.4, 0.5) is 5.69 Å². The highest BCUT2D eigenvalue weighted by atomic mass is 16.5. The molecule has 2 aromatic carbocycles. The van der Waals surface area contributed by atoms with Crippen LogP contribution in [-0.4, -0.2) is 52.3 Å². The van der Waals surface area contributed by atoms with Crippen molar-refractivity contribution in [3.63, 3.8) is 0 Å². The van der Waals surface area contributed by atoms with E-state index < -0.39 is 6.04 Å². The number of aromatic nitrogens is 4. The van der Waals surface area contributed by atoms with Gasteiger partial charge >= 0.3 is 0 Å². The van der Waals surface area contributed by atoms with E-state index in [1.165, 1.54) is 53.6 Å². The first-order valence-corrected chi connectivity index (χ1v) is 15.8. The number of hydrogen-bond donors (Lipinski definition) is 1. The van der Waals surface area contributed by atoms with Gasteiger partial charge in [-0.3, -0.25) is 14.5 Å². The van der Waals surface area contributed by atoms with Crippen LogP contribution in [0, 0.1) is 0 Å². The third-order valence-corrected chi connectivity index (χ3v) is 8.91. The van der Waals surface area contributed by atoms with Gasteiger partial charge in [0.2, 0.25) is 5.82 Å². The Labute approximate surface area is 262 Å². The molecule has 45 heavy (non-hydrogen) atoms. The molecule has 2 amide bonds. The van der Waals surface area contributed by atoms with Gasteiger partial charge in [-0.05, 0) is 84.8 Å². The zero-order valence-corrected chi connectivity index (χ0v) is 25.9. The molecule has 2 heterocycles. The van der Waals surface area contributed by atoms with Gasteiger partial charge in [0.05, 0.1) is 20.5 Å². The number of carbonyl (C=O) groups excluding carboxylic acids is 2. The smallest absolute Gasteiger partial charge is 0.251 e. The number of ether oxygens (including phenoxy) is 2. The van der Waals surface area contributed by atoms with E-state index in [9.17, 15) is 9.59 Å². The number of carbonyl (C=O) groups is 2. The summed E-state index contributed by atoms with van der Waals surface area (Å²) < 4.78 is 16.5. The Morgan fingerprint density at radius 2 is 1.69 bits per heavy atom. The number of rotatable bonds is 11. The second kappa shape index (κ2) is 14.0. The summed E-state index contributed by atoms with van der Waals surface area (Å²) in [7, 11) is 3.12. The SMILES string of the molecule is COc1ccc(-c2nnn(CC(=O)N(c3ccc(C4CCCCC4)cc3)C(C(=O)NC3CCCC3)c3ccco3)n2)cc1OC. The number of tetrazole rings is 1. The topological polar surface area (TPSA) is 125 Å². The van der Waals surface area contributed by atoms with Crippen LogP contribution in [0.25, 0.3) is 11.4 Å². The maximum atomic E-state index is 14.2. The lowest BCUT2D eigenvalue weighted by Crippen LogP contribution is -2.47. The van der Waals surface area contributed by atoms with E-state index in [0.29, 0.717) is 40.3 Å². The molecule has 2 fully saturated rings. The molecule has 1 atom stereocenters. The van der Waals surface area contributed by atoms with Crippen LogP contribution in [-0.2, 0) is 16.1 Å². The third kappa shape index (κ3) is 6.87. The first-order valence-electron chi connectivity index (χ1n) is 15.8. The maximum Gasteiger partial charge on any atom is 0.251 e. The average molecular weight is 613 g/mol. The Morgan fingerprint density at radius 3 is 2.38 bits per heavy atom. The van der Waals surface area contributed by atoms with Gasteiger partial charge in [0.15, 0.2) is 17.5 Å². The molecule has 0 spiro atoms. The van der Waals surface area contributed by atoms with Crippen molar-refractivity contribution in [3.8, 4) is 22.9 Å². The van der Waals surface area contributed by atoms with Gasteiger partial charge in [0.1, 0.15) is 12.3 Å². The number of anilines is 1. The van der Waals surface area contributed by atoms with Crippen LogP contribution < -0.4 is 19.7 Å². The molecule has 0 saturated heterocycles. The zero-order chi connectivity index (χ0) is 31.2. The Hall–Kier alpha value is -4.67. The highest BCUT2D eigenvalue weighted by Crippen LogP contribution is 2.36. The van der Waals surface area contributed by atoms with Crippen molar-refractivity contribution in [2.45, 2.75) is 82.3 Å². The maximum absolute atomic E-state index is 14.2. The molecule has 0 bridgehead atoms. The summed E-state index contributed by atoms with van der Waals surface area (Å²) in [6.45, 7) is -0.238. The van der Waals surface area contributed by atoms with Gasteiger partial charge in [0.25, 0.3) is 11.8 Å². The van der Waals surface area contributed by atoms with Crippen LogP contribution in [0.3, 0.4) is 0 Å². The molecule has 1 N–H and O–H groups in total. The first kappa shape index (κ1) is 30.4. The molecule has 0 radical (unpaired) electrons. The lowest BCUT2D eigenvalue weighted by molar-refractivity contribution is -0.128.